The summed E-state index contributed by atoms with van der Waals surface area (Å²) >= 11 is 4.71. The number of hydrogen-bond donors (Lipinski definition) is 2. The quantitative estimate of drug-likeness (QED) is 0.908. The highest BCUT2D eigenvalue weighted by Crippen LogP contribution is 2.27. The smallest absolute Gasteiger partial charge is 0.355 e. The van der Waals surface area contributed by atoms with Crippen LogP contribution in [0.2, 0.25) is 0 Å². The van der Waals surface area contributed by atoms with E-state index in [0.717, 1.165) is 15.7 Å². The molecule has 2 N–H and O–H groups in total. The number of carbonyl (C=O) groups is 1. The average molecular weight is 313 g/mol. The van der Waals surface area contributed by atoms with E-state index >= 15 is 0 Å². The van der Waals surface area contributed by atoms with Crippen LogP contribution >= 0.6 is 27.3 Å². The van der Waals surface area contributed by atoms with E-state index in [4.69, 9.17) is 5.11 Å². The molecule has 88 valence electrons. The Hall–Kier alpha value is -1.40. The molecule has 1 aromatic heterocycles. The summed E-state index contributed by atoms with van der Waals surface area (Å²) in [6.07, 6.45) is 0. The third kappa shape index (κ3) is 2.65. The number of halogens is 1. The van der Waals surface area contributed by atoms with Crippen LogP contribution in [0.3, 0.4) is 0 Å². The molecule has 0 bridgehead atoms. The minimum Gasteiger partial charge on any atom is -0.476 e. The van der Waals surface area contributed by atoms with Crippen LogP contribution in [0, 0.1) is 6.92 Å². The van der Waals surface area contributed by atoms with Crippen molar-refractivity contribution in [2.45, 2.75) is 6.92 Å². The Kier molecular flexibility index (Phi) is 3.44. The van der Waals surface area contributed by atoms with Crippen molar-refractivity contribution >= 4 is 44.1 Å². The zero-order valence-electron chi connectivity index (χ0n) is 8.90. The first-order chi connectivity index (χ1) is 8.08. The highest BCUT2D eigenvalue weighted by atomic mass is 79.9. The highest BCUT2D eigenvalue weighted by Gasteiger charge is 2.09. The molecule has 0 fully saturated rings. The number of carboxylic acid groups (broad SMARTS) is 1. The van der Waals surface area contributed by atoms with Gasteiger partial charge < -0.3 is 10.4 Å². The van der Waals surface area contributed by atoms with Gasteiger partial charge in [0.25, 0.3) is 0 Å². The second-order valence-electron chi connectivity index (χ2n) is 3.38. The fourth-order valence-electron chi connectivity index (χ4n) is 1.29. The van der Waals surface area contributed by atoms with Crippen molar-refractivity contribution in [3.8, 4) is 0 Å². The van der Waals surface area contributed by atoms with Crippen molar-refractivity contribution in [1.29, 1.82) is 0 Å². The molecule has 17 heavy (non-hydrogen) atoms. The fraction of sp³-hybridized carbons (Fsp3) is 0.0909. The lowest BCUT2D eigenvalue weighted by atomic mass is 10.2. The van der Waals surface area contributed by atoms with E-state index in [2.05, 4.69) is 26.2 Å². The van der Waals surface area contributed by atoms with Crippen molar-refractivity contribution in [2.24, 2.45) is 0 Å². The van der Waals surface area contributed by atoms with E-state index in [9.17, 15) is 4.79 Å². The second-order valence-corrected chi connectivity index (χ2v) is 5.09. The van der Waals surface area contributed by atoms with Gasteiger partial charge in [-0.1, -0.05) is 22.0 Å². The minimum absolute atomic E-state index is 0.0603. The Labute approximate surface area is 110 Å². The first-order valence-electron chi connectivity index (χ1n) is 4.79. The number of rotatable bonds is 3. The zero-order valence-corrected chi connectivity index (χ0v) is 11.3. The van der Waals surface area contributed by atoms with E-state index in [1.54, 1.807) is 0 Å². The molecule has 0 aliphatic rings. The van der Waals surface area contributed by atoms with Gasteiger partial charge in [-0.2, -0.15) is 0 Å². The standard InChI is InChI=1S/C11H9BrN2O2S/c1-6-7(12)3-2-4-8(6)13-11-14-9(5-17-11)10(15)16/h2-5H,1H3,(H,13,14)(H,15,16). The minimum atomic E-state index is -1.01. The van der Waals surface area contributed by atoms with Gasteiger partial charge in [-0.05, 0) is 24.6 Å². The van der Waals surface area contributed by atoms with E-state index in [1.807, 2.05) is 25.1 Å². The summed E-state index contributed by atoms with van der Waals surface area (Å²) in [4.78, 5) is 14.7. The van der Waals surface area contributed by atoms with Crippen LogP contribution in [-0.2, 0) is 0 Å². The Bertz CT molecular complexity index is 568. The van der Waals surface area contributed by atoms with Gasteiger partial charge in [-0.15, -0.1) is 11.3 Å². The van der Waals surface area contributed by atoms with Crippen molar-refractivity contribution in [3.63, 3.8) is 0 Å². The van der Waals surface area contributed by atoms with Gasteiger partial charge in [0, 0.05) is 15.5 Å². The lowest BCUT2D eigenvalue weighted by molar-refractivity contribution is 0.0691. The second kappa shape index (κ2) is 4.85. The summed E-state index contributed by atoms with van der Waals surface area (Å²) in [5, 5.41) is 14.0. The van der Waals surface area contributed by atoms with Crippen LogP contribution in [-0.4, -0.2) is 16.1 Å². The number of aromatic carboxylic acids is 1. The third-order valence-corrected chi connectivity index (χ3v) is 3.85. The number of anilines is 2. The Morgan fingerprint density at radius 3 is 2.94 bits per heavy atom. The van der Waals surface area contributed by atoms with Gasteiger partial charge >= 0.3 is 5.97 Å². The molecule has 4 nitrogen and oxygen atoms in total. The molecule has 1 heterocycles. The van der Waals surface area contributed by atoms with E-state index < -0.39 is 5.97 Å². The predicted molar refractivity (Wildman–Crippen MR) is 71.2 cm³/mol. The maximum absolute atomic E-state index is 10.7. The molecule has 0 spiro atoms. The monoisotopic (exact) mass is 312 g/mol. The highest BCUT2D eigenvalue weighted by molar-refractivity contribution is 9.10. The molecule has 0 radical (unpaired) electrons. The number of hydrogen-bond acceptors (Lipinski definition) is 4. The summed E-state index contributed by atoms with van der Waals surface area (Å²) in [7, 11) is 0. The molecule has 2 aromatic rings. The van der Waals surface area contributed by atoms with Gasteiger partial charge in [0.1, 0.15) is 0 Å². The molecular weight excluding hydrogens is 304 g/mol. The molecule has 0 saturated heterocycles. The van der Waals surface area contributed by atoms with Crippen LogP contribution in [0.4, 0.5) is 10.8 Å². The lowest BCUT2D eigenvalue weighted by Crippen LogP contribution is -1.98. The number of benzene rings is 1. The van der Waals surface area contributed by atoms with Gasteiger partial charge in [0.15, 0.2) is 10.8 Å². The molecule has 0 saturated carbocycles. The third-order valence-electron chi connectivity index (χ3n) is 2.23. The van der Waals surface area contributed by atoms with Crippen LogP contribution in [0.1, 0.15) is 16.1 Å². The van der Waals surface area contributed by atoms with Crippen molar-refractivity contribution < 1.29 is 9.90 Å². The number of aromatic nitrogens is 1. The Morgan fingerprint density at radius 2 is 2.29 bits per heavy atom. The first kappa shape index (κ1) is 12.1. The van der Waals surface area contributed by atoms with Gasteiger partial charge in [-0.3, -0.25) is 0 Å². The summed E-state index contributed by atoms with van der Waals surface area (Å²) in [5.74, 6) is -1.01. The van der Waals surface area contributed by atoms with E-state index in [1.165, 1.54) is 16.7 Å². The van der Waals surface area contributed by atoms with Crippen molar-refractivity contribution in [1.82, 2.24) is 4.98 Å². The Balaban J connectivity index is 2.25. The van der Waals surface area contributed by atoms with Crippen molar-refractivity contribution in [3.05, 3.63) is 39.3 Å². The Morgan fingerprint density at radius 1 is 1.53 bits per heavy atom. The zero-order chi connectivity index (χ0) is 12.4. The molecule has 0 atom stereocenters. The number of thiazole rings is 1. The summed E-state index contributed by atoms with van der Waals surface area (Å²) in [6.45, 7) is 1.97. The van der Waals surface area contributed by atoms with E-state index in [0.29, 0.717) is 5.13 Å². The number of carboxylic acids is 1. The van der Waals surface area contributed by atoms with Crippen molar-refractivity contribution in [2.75, 3.05) is 5.32 Å². The lowest BCUT2D eigenvalue weighted by Gasteiger charge is -2.07. The first-order valence-corrected chi connectivity index (χ1v) is 6.46. The molecule has 0 amide bonds. The molecule has 0 aliphatic carbocycles. The van der Waals surface area contributed by atoms with Gasteiger partial charge in [0.2, 0.25) is 0 Å². The molecule has 2 rings (SSSR count). The fourth-order valence-corrected chi connectivity index (χ4v) is 2.35. The van der Waals surface area contributed by atoms with Gasteiger partial charge in [0.05, 0.1) is 0 Å². The largest absolute Gasteiger partial charge is 0.476 e. The topological polar surface area (TPSA) is 62.2 Å². The molecule has 0 aliphatic heterocycles. The molecule has 1 aromatic carbocycles. The maximum atomic E-state index is 10.7. The predicted octanol–water partition coefficient (Wildman–Crippen LogP) is 3.66. The SMILES string of the molecule is Cc1c(Br)cccc1Nc1nc(C(=O)O)cs1. The van der Waals surface area contributed by atoms with Gasteiger partial charge in [-0.25, -0.2) is 9.78 Å². The van der Waals surface area contributed by atoms with Crippen LogP contribution in [0.15, 0.2) is 28.1 Å². The van der Waals surface area contributed by atoms with E-state index in [-0.39, 0.29) is 5.69 Å². The molecule has 6 heteroatoms. The molecule has 0 unspecified atom stereocenters. The average Bonchev–Trinajstić information content (AvgIpc) is 2.73. The maximum Gasteiger partial charge on any atom is 0.355 e. The summed E-state index contributed by atoms with van der Waals surface area (Å²) in [6, 6.07) is 5.78. The van der Waals surface area contributed by atoms with Crippen LogP contribution in [0.5, 0.6) is 0 Å². The number of nitrogens with one attached hydrogen (secondary N) is 1. The van der Waals surface area contributed by atoms with Crippen LogP contribution in [0.25, 0.3) is 0 Å². The van der Waals surface area contributed by atoms with Crippen LogP contribution < -0.4 is 5.32 Å². The normalized spacial score (nSPS) is 10.2. The summed E-state index contributed by atoms with van der Waals surface area (Å²) in [5.41, 5.74) is 2.02. The molecular formula is C11H9BrN2O2S. The number of nitrogens with zero attached hydrogens (tertiary/aromatic N) is 1. The summed E-state index contributed by atoms with van der Waals surface area (Å²) < 4.78 is 0.998.